The second-order valence-electron chi connectivity index (χ2n) is 8.28. The molecule has 160 valence electrons. The van der Waals surface area contributed by atoms with E-state index in [1.807, 2.05) is 0 Å². The largest absolute Gasteiger partial charge is 0.367 e. The number of fused-ring (bicyclic) bond motifs is 2. The predicted molar refractivity (Wildman–Crippen MR) is 122 cm³/mol. The second-order valence-corrected chi connectivity index (χ2v) is 8.28. The monoisotopic (exact) mass is 417 g/mol. The molecule has 0 amide bonds. The summed E-state index contributed by atoms with van der Waals surface area (Å²) in [7, 11) is 1.78. The summed E-state index contributed by atoms with van der Waals surface area (Å²) < 4.78 is 1.64. The van der Waals surface area contributed by atoms with Gasteiger partial charge in [-0.05, 0) is 31.0 Å². The summed E-state index contributed by atoms with van der Waals surface area (Å²) in [6.07, 6.45) is 6.22. The summed E-state index contributed by atoms with van der Waals surface area (Å²) in [5, 5.41) is 7.26. The number of hydrogen-bond donors (Lipinski definition) is 1. The van der Waals surface area contributed by atoms with Crippen LogP contribution in [0.3, 0.4) is 0 Å². The van der Waals surface area contributed by atoms with Crippen LogP contribution in [0.15, 0.2) is 47.7 Å². The van der Waals surface area contributed by atoms with E-state index in [0.717, 1.165) is 53.8 Å². The Morgan fingerprint density at radius 1 is 1.16 bits per heavy atom. The Morgan fingerprint density at radius 2 is 1.97 bits per heavy atom. The standard InChI is InChI=1S/C23H27N7O/c1-4-17-14-29(20-12-22(31)28(3)21-13-26-27-23(20)21)9-10-30(17)15(2)16-5-6-18-19(11-16)25-8-7-24-18/h5-8,11-13,15,17H,4,9-10,14H2,1-3H3,(H,26,27)/t15?,17-/m1/s1. The topological polar surface area (TPSA) is 82.9 Å². The summed E-state index contributed by atoms with van der Waals surface area (Å²) in [5.74, 6) is 0. The van der Waals surface area contributed by atoms with Crippen molar-refractivity contribution in [1.29, 1.82) is 0 Å². The SMILES string of the molecule is CC[C@@H]1CN(c2cc(=O)n(C)c3cn[nH]c23)CCN1C(C)c1ccc2nccnc2c1. The molecule has 5 rings (SSSR count). The Morgan fingerprint density at radius 3 is 2.77 bits per heavy atom. The molecule has 0 bridgehead atoms. The lowest BCUT2D eigenvalue weighted by molar-refractivity contribution is 0.124. The number of anilines is 1. The summed E-state index contributed by atoms with van der Waals surface area (Å²) >= 11 is 0. The van der Waals surface area contributed by atoms with Crippen LogP contribution in [0.2, 0.25) is 0 Å². The lowest BCUT2D eigenvalue weighted by atomic mass is 10.0. The van der Waals surface area contributed by atoms with Gasteiger partial charge in [0.25, 0.3) is 5.56 Å². The van der Waals surface area contributed by atoms with Gasteiger partial charge >= 0.3 is 0 Å². The van der Waals surface area contributed by atoms with Gasteiger partial charge < -0.3 is 9.47 Å². The van der Waals surface area contributed by atoms with E-state index in [9.17, 15) is 4.79 Å². The fourth-order valence-corrected chi connectivity index (χ4v) is 4.77. The number of aryl methyl sites for hydroxylation is 1. The summed E-state index contributed by atoms with van der Waals surface area (Å²) in [6.45, 7) is 7.14. The number of H-pyrrole nitrogens is 1. The van der Waals surface area contributed by atoms with Crippen LogP contribution in [-0.2, 0) is 7.05 Å². The Hall–Kier alpha value is -3.26. The molecule has 0 radical (unpaired) electrons. The van der Waals surface area contributed by atoms with Gasteiger partial charge in [0.1, 0.15) is 5.52 Å². The Balaban J connectivity index is 1.42. The summed E-state index contributed by atoms with van der Waals surface area (Å²) in [4.78, 5) is 26.2. The van der Waals surface area contributed by atoms with Crippen LogP contribution in [0, 0.1) is 0 Å². The van der Waals surface area contributed by atoms with Crippen molar-refractivity contribution in [3.63, 3.8) is 0 Å². The van der Waals surface area contributed by atoms with Crippen molar-refractivity contribution in [1.82, 2.24) is 29.6 Å². The number of aromatic amines is 1. The van der Waals surface area contributed by atoms with Crippen molar-refractivity contribution in [2.45, 2.75) is 32.4 Å². The van der Waals surface area contributed by atoms with Gasteiger partial charge in [0.15, 0.2) is 0 Å². The van der Waals surface area contributed by atoms with Crippen LogP contribution in [0.5, 0.6) is 0 Å². The molecule has 1 N–H and O–H groups in total. The van der Waals surface area contributed by atoms with Crippen LogP contribution >= 0.6 is 0 Å². The first kappa shape index (κ1) is 19.7. The normalized spacial score (nSPS) is 18.7. The van der Waals surface area contributed by atoms with E-state index >= 15 is 0 Å². The van der Waals surface area contributed by atoms with Gasteiger partial charge in [0, 0.05) is 57.2 Å². The highest BCUT2D eigenvalue weighted by atomic mass is 16.1. The van der Waals surface area contributed by atoms with Crippen LogP contribution in [0.1, 0.15) is 31.9 Å². The van der Waals surface area contributed by atoms with E-state index in [-0.39, 0.29) is 11.6 Å². The van der Waals surface area contributed by atoms with E-state index in [4.69, 9.17) is 0 Å². The van der Waals surface area contributed by atoms with E-state index in [2.05, 4.69) is 62.0 Å². The lowest BCUT2D eigenvalue weighted by Gasteiger charge is -2.45. The minimum atomic E-state index is -0.00924. The zero-order valence-corrected chi connectivity index (χ0v) is 18.1. The number of hydrogen-bond acceptors (Lipinski definition) is 6. The second kappa shape index (κ2) is 7.77. The number of aromatic nitrogens is 5. The van der Waals surface area contributed by atoms with Crippen molar-refractivity contribution < 1.29 is 0 Å². The Labute approximate surface area is 180 Å². The lowest BCUT2D eigenvalue weighted by Crippen LogP contribution is -2.53. The first-order valence-electron chi connectivity index (χ1n) is 10.8. The number of nitrogens with one attached hydrogen (secondary N) is 1. The first-order chi connectivity index (χ1) is 15.1. The molecule has 8 heteroatoms. The van der Waals surface area contributed by atoms with Crippen LogP contribution in [-0.4, -0.2) is 55.3 Å². The van der Waals surface area contributed by atoms with E-state index < -0.39 is 0 Å². The molecule has 4 aromatic rings. The van der Waals surface area contributed by atoms with Gasteiger partial charge in [-0.1, -0.05) is 13.0 Å². The molecule has 1 saturated heterocycles. The van der Waals surface area contributed by atoms with Crippen LogP contribution in [0.4, 0.5) is 5.69 Å². The van der Waals surface area contributed by atoms with E-state index in [1.165, 1.54) is 5.56 Å². The first-order valence-corrected chi connectivity index (χ1v) is 10.8. The molecule has 31 heavy (non-hydrogen) atoms. The molecule has 2 atom stereocenters. The molecule has 0 saturated carbocycles. The number of rotatable bonds is 4. The third-order valence-corrected chi connectivity index (χ3v) is 6.64. The molecular formula is C23H27N7O. The molecule has 3 aromatic heterocycles. The van der Waals surface area contributed by atoms with E-state index in [1.54, 1.807) is 36.3 Å². The van der Waals surface area contributed by atoms with Gasteiger partial charge in [-0.15, -0.1) is 0 Å². The predicted octanol–water partition coefficient (Wildman–Crippen LogP) is 2.87. The van der Waals surface area contributed by atoms with Gasteiger partial charge in [-0.3, -0.25) is 24.8 Å². The van der Waals surface area contributed by atoms with Gasteiger partial charge in [0.05, 0.1) is 28.4 Å². The fourth-order valence-electron chi connectivity index (χ4n) is 4.77. The molecule has 0 spiro atoms. The highest BCUT2D eigenvalue weighted by Gasteiger charge is 2.31. The van der Waals surface area contributed by atoms with E-state index in [0.29, 0.717) is 6.04 Å². The molecule has 1 aliphatic rings. The average Bonchev–Trinajstić information content (AvgIpc) is 3.30. The highest BCUT2D eigenvalue weighted by molar-refractivity contribution is 5.88. The molecule has 8 nitrogen and oxygen atoms in total. The van der Waals surface area contributed by atoms with Crippen molar-refractivity contribution >= 4 is 27.8 Å². The molecule has 1 aromatic carbocycles. The smallest absolute Gasteiger partial charge is 0.252 e. The molecule has 1 aliphatic heterocycles. The highest BCUT2D eigenvalue weighted by Crippen LogP contribution is 2.31. The third-order valence-electron chi connectivity index (χ3n) is 6.64. The minimum absolute atomic E-state index is 0.00924. The molecule has 0 aliphatic carbocycles. The van der Waals surface area contributed by atoms with Crippen molar-refractivity contribution in [3.05, 3.63) is 58.8 Å². The molecule has 1 fully saturated rings. The zero-order valence-electron chi connectivity index (χ0n) is 18.1. The molecular weight excluding hydrogens is 390 g/mol. The Bertz CT molecular complexity index is 1290. The van der Waals surface area contributed by atoms with Crippen molar-refractivity contribution in [2.75, 3.05) is 24.5 Å². The van der Waals surface area contributed by atoms with Gasteiger partial charge in [-0.25, -0.2) is 0 Å². The number of benzene rings is 1. The zero-order chi connectivity index (χ0) is 21.5. The maximum atomic E-state index is 12.5. The number of piperazine rings is 1. The number of nitrogens with zero attached hydrogens (tertiary/aromatic N) is 6. The Kier molecular flexibility index (Phi) is 4.94. The average molecular weight is 418 g/mol. The molecule has 4 heterocycles. The maximum absolute atomic E-state index is 12.5. The van der Waals surface area contributed by atoms with Gasteiger partial charge in [-0.2, -0.15) is 5.10 Å². The quantitative estimate of drug-likeness (QED) is 0.550. The number of pyridine rings is 1. The third kappa shape index (κ3) is 3.37. The fraction of sp³-hybridized carbons (Fsp3) is 0.391. The minimum Gasteiger partial charge on any atom is -0.367 e. The molecule has 1 unspecified atom stereocenters. The van der Waals surface area contributed by atoms with Crippen molar-refractivity contribution in [2.24, 2.45) is 7.05 Å². The summed E-state index contributed by atoms with van der Waals surface area (Å²) in [6, 6.07) is 8.75. The maximum Gasteiger partial charge on any atom is 0.252 e. The van der Waals surface area contributed by atoms with Crippen molar-refractivity contribution in [3.8, 4) is 0 Å². The van der Waals surface area contributed by atoms with Crippen LogP contribution < -0.4 is 10.5 Å². The van der Waals surface area contributed by atoms with Crippen LogP contribution in [0.25, 0.3) is 22.1 Å². The summed E-state index contributed by atoms with van der Waals surface area (Å²) in [5.41, 5.74) is 5.80. The van der Waals surface area contributed by atoms with Gasteiger partial charge in [0.2, 0.25) is 0 Å².